The predicted molar refractivity (Wildman–Crippen MR) is 104 cm³/mol. The number of carbonyl (C=O) groups excluding carboxylic acids is 2. The van der Waals surface area contributed by atoms with E-state index in [1.165, 1.54) is 18.2 Å². The van der Waals surface area contributed by atoms with Crippen molar-refractivity contribution in [1.82, 2.24) is 9.80 Å². The monoisotopic (exact) mass is 391 g/mol. The molecule has 3 rings (SSSR count). The van der Waals surface area contributed by atoms with Crippen LogP contribution in [0, 0.1) is 5.82 Å². The summed E-state index contributed by atoms with van der Waals surface area (Å²) in [5.41, 5.74) is 7.51. The maximum atomic E-state index is 13.4. The van der Waals surface area contributed by atoms with Crippen LogP contribution in [0.5, 0.6) is 0 Å². The van der Waals surface area contributed by atoms with Crippen molar-refractivity contribution in [1.29, 1.82) is 0 Å². The Labute approximate surface area is 164 Å². The van der Waals surface area contributed by atoms with E-state index in [0.717, 1.165) is 5.56 Å². The molecule has 2 amide bonds. The highest BCUT2D eigenvalue weighted by Crippen LogP contribution is 2.13. The second-order valence-corrected chi connectivity index (χ2v) is 6.35. The lowest BCUT2D eigenvalue weighted by molar-refractivity contribution is 0.0718. The molecule has 2 aromatic carbocycles. The normalized spacial score (nSPS) is 14.3. The second-order valence-electron chi connectivity index (χ2n) is 6.35. The molecule has 2 N–H and O–H groups in total. The highest BCUT2D eigenvalue weighted by molar-refractivity contribution is 5.95. The fourth-order valence-electron chi connectivity index (χ4n) is 3.09. The lowest BCUT2D eigenvalue weighted by Crippen LogP contribution is -2.37. The Hall–Kier alpha value is -2.44. The van der Waals surface area contributed by atoms with Crippen molar-refractivity contribution in [2.45, 2.75) is 13.0 Å². The first-order chi connectivity index (χ1) is 12.6. The van der Waals surface area contributed by atoms with Crippen LogP contribution in [0.25, 0.3) is 0 Å². The lowest BCUT2D eigenvalue weighted by Gasteiger charge is -2.22. The fourth-order valence-corrected chi connectivity index (χ4v) is 3.09. The molecule has 0 aliphatic carbocycles. The van der Waals surface area contributed by atoms with E-state index in [0.29, 0.717) is 50.3 Å². The number of hydrogen-bond donors (Lipinski definition) is 1. The largest absolute Gasteiger partial charge is 0.337 e. The highest BCUT2D eigenvalue weighted by atomic mass is 35.5. The van der Waals surface area contributed by atoms with Gasteiger partial charge in [0.15, 0.2) is 0 Å². The zero-order valence-corrected chi connectivity index (χ0v) is 15.8. The van der Waals surface area contributed by atoms with Gasteiger partial charge < -0.3 is 15.5 Å². The molecular weight excluding hydrogens is 369 g/mol. The molecule has 1 aliphatic heterocycles. The summed E-state index contributed by atoms with van der Waals surface area (Å²) >= 11 is 0. The van der Waals surface area contributed by atoms with Crippen molar-refractivity contribution >= 4 is 24.2 Å². The number of nitrogens with zero attached hydrogens (tertiary/aromatic N) is 2. The van der Waals surface area contributed by atoms with E-state index in [9.17, 15) is 14.0 Å². The standard InChI is InChI=1S/C20H22FN3O2.ClH/c21-18-4-1-3-17(13-18)20(26)24-10-2-9-23(11-12-24)19(25)16-7-5-15(14-22)6-8-16;/h1,3-8,13H,2,9-12,14,22H2;1H. The molecule has 1 saturated heterocycles. The first-order valence-corrected chi connectivity index (χ1v) is 8.71. The minimum absolute atomic E-state index is 0. The Morgan fingerprint density at radius 1 is 0.889 bits per heavy atom. The smallest absolute Gasteiger partial charge is 0.254 e. The summed E-state index contributed by atoms with van der Waals surface area (Å²) in [5, 5.41) is 0. The van der Waals surface area contributed by atoms with Gasteiger partial charge in [0.05, 0.1) is 0 Å². The molecule has 0 saturated carbocycles. The summed E-state index contributed by atoms with van der Waals surface area (Å²) < 4.78 is 13.4. The molecule has 7 heteroatoms. The molecule has 1 heterocycles. The van der Waals surface area contributed by atoms with E-state index in [1.54, 1.807) is 28.0 Å². The van der Waals surface area contributed by atoms with Gasteiger partial charge in [-0.1, -0.05) is 18.2 Å². The Morgan fingerprint density at radius 2 is 1.48 bits per heavy atom. The molecule has 27 heavy (non-hydrogen) atoms. The molecule has 5 nitrogen and oxygen atoms in total. The number of rotatable bonds is 3. The van der Waals surface area contributed by atoms with Gasteiger partial charge in [0.1, 0.15) is 5.82 Å². The van der Waals surface area contributed by atoms with Gasteiger partial charge in [0.2, 0.25) is 0 Å². The second kappa shape index (κ2) is 9.48. The molecular formula is C20H23ClFN3O2. The SMILES string of the molecule is Cl.NCc1ccc(C(=O)N2CCCN(C(=O)c3cccc(F)c3)CC2)cc1. The van der Waals surface area contributed by atoms with Crippen molar-refractivity contribution in [2.24, 2.45) is 5.73 Å². The molecule has 1 fully saturated rings. The van der Waals surface area contributed by atoms with Gasteiger partial charge in [-0.3, -0.25) is 9.59 Å². The van der Waals surface area contributed by atoms with Crippen molar-refractivity contribution in [3.05, 3.63) is 71.0 Å². The topological polar surface area (TPSA) is 66.6 Å². The predicted octanol–water partition coefficient (Wildman–Crippen LogP) is 2.69. The Morgan fingerprint density at radius 3 is 2.04 bits per heavy atom. The minimum atomic E-state index is -0.427. The zero-order chi connectivity index (χ0) is 18.5. The van der Waals surface area contributed by atoms with Crippen molar-refractivity contribution < 1.29 is 14.0 Å². The average molecular weight is 392 g/mol. The van der Waals surface area contributed by atoms with E-state index in [2.05, 4.69) is 0 Å². The molecule has 144 valence electrons. The van der Waals surface area contributed by atoms with E-state index in [-0.39, 0.29) is 24.2 Å². The molecule has 1 aliphatic rings. The van der Waals surface area contributed by atoms with Crippen LogP contribution < -0.4 is 5.73 Å². The molecule has 0 spiro atoms. The fraction of sp³-hybridized carbons (Fsp3) is 0.300. The van der Waals surface area contributed by atoms with Crippen LogP contribution in [-0.2, 0) is 6.54 Å². The zero-order valence-electron chi connectivity index (χ0n) is 14.9. The van der Waals surface area contributed by atoms with Gasteiger partial charge in [-0.2, -0.15) is 0 Å². The summed E-state index contributed by atoms with van der Waals surface area (Å²) in [7, 11) is 0. The Balaban J connectivity index is 0.00000261. The summed E-state index contributed by atoms with van der Waals surface area (Å²) in [6.07, 6.45) is 0.688. The van der Waals surface area contributed by atoms with Gasteiger partial charge in [0, 0.05) is 43.9 Å². The van der Waals surface area contributed by atoms with E-state index >= 15 is 0 Å². The van der Waals surface area contributed by atoms with Crippen LogP contribution in [0.1, 0.15) is 32.7 Å². The Kier molecular flexibility index (Phi) is 7.33. The van der Waals surface area contributed by atoms with Crippen molar-refractivity contribution in [3.8, 4) is 0 Å². The van der Waals surface area contributed by atoms with Gasteiger partial charge in [-0.15, -0.1) is 12.4 Å². The summed E-state index contributed by atoms with van der Waals surface area (Å²) in [6, 6.07) is 13.0. The van der Waals surface area contributed by atoms with Crippen LogP contribution in [0.15, 0.2) is 48.5 Å². The minimum Gasteiger partial charge on any atom is -0.337 e. The molecule has 0 bridgehead atoms. The first kappa shape index (κ1) is 20.9. The highest BCUT2D eigenvalue weighted by Gasteiger charge is 2.23. The van der Waals surface area contributed by atoms with E-state index < -0.39 is 5.82 Å². The molecule has 2 aromatic rings. The third kappa shape index (κ3) is 5.05. The van der Waals surface area contributed by atoms with Gasteiger partial charge in [0.25, 0.3) is 11.8 Å². The Bertz CT molecular complexity index is 798. The van der Waals surface area contributed by atoms with E-state index in [1.807, 2.05) is 12.1 Å². The molecule has 0 aromatic heterocycles. The molecule has 0 atom stereocenters. The maximum absolute atomic E-state index is 13.4. The number of nitrogens with two attached hydrogens (primary N) is 1. The van der Waals surface area contributed by atoms with Crippen LogP contribution >= 0.6 is 12.4 Å². The number of benzene rings is 2. The summed E-state index contributed by atoms with van der Waals surface area (Å²) in [6.45, 7) is 2.46. The summed E-state index contributed by atoms with van der Waals surface area (Å²) in [5.74, 6) is -0.678. The third-order valence-corrected chi connectivity index (χ3v) is 4.58. The van der Waals surface area contributed by atoms with Crippen LogP contribution in [0.2, 0.25) is 0 Å². The first-order valence-electron chi connectivity index (χ1n) is 8.71. The molecule has 0 radical (unpaired) electrons. The van der Waals surface area contributed by atoms with Crippen LogP contribution in [-0.4, -0.2) is 47.8 Å². The number of halogens is 2. The average Bonchev–Trinajstić information content (AvgIpc) is 2.93. The lowest BCUT2D eigenvalue weighted by atomic mass is 10.1. The third-order valence-electron chi connectivity index (χ3n) is 4.58. The van der Waals surface area contributed by atoms with Gasteiger partial charge >= 0.3 is 0 Å². The maximum Gasteiger partial charge on any atom is 0.254 e. The van der Waals surface area contributed by atoms with Crippen LogP contribution in [0.3, 0.4) is 0 Å². The van der Waals surface area contributed by atoms with Crippen LogP contribution in [0.4, 0.5) is 4.39 Å². The van der Waals surface area contributed by atoms with Crippen molar-refractivity contribution in [3.63, 3.8) is 0 Å². The number of carbonyl (C=O) groups is 2. The van der Waals surface area contributed by atoms with Crippen molar-refractivity contribution in [2.75, 3.05) is 26.2 Å². The quantitative estimate of drug-likeness (QED) is 0.874. The van der Waals surface area contributed by atoms with Gasteiger partial charge in [-0.25, -0.2) is 4.39 Å². The van der Waals surface area contributed by atoms with E-state index in [4.69, 9.17) is 5.73 Å². The van der Waals surface area contributed by atoms with Gasteiger partial charge in [-0.05, 0) is 42.3 Å². The summed E-state index contributed by atoms with van der Waals surface area (Å²) in [4.78, 5) is 28.7. The molecule has 0 unspecified atom stereocenters. The number of amides is 2. The number of hydrogen-bond acceptors (Lipinski definition) is 3.